The number of carbonyl (C=O) groups is 1. The van der Waals surface area contributed by atoms with E-state index in [1.165, 1.54) is 43.2 Å². The number of fused-ring (bicyclic) bond motifs is 1. The predicted octanol–water partition coefficient (Wildman–Crippen LogP) is 4.31. The Morgan fingerprint density at radius 2 is 2.23 bits per heavy atom. The quantitative estimate of drug-likeness (QED) is 0.630. The molecule has 142 valence electrons. The van der Waals surface area contributed by atoms with Crippen molar-refractivity contribution < 1.29 is 14.6 Å². The maximum atomic E-state index is 12.0. The second-order valence-electron chi connectivity index (χ2n) is 8.52. The van der Waals surface area contributed by atoms with E-state index in [9.17, 15) is 4.79 Å². The van der Waals surface area contributed by atoms with Gasteiger partial charge in [0, 0.05) is 11.5 Å². The van der Waals surface area contributed by atoms with Crippen molar-refractivity contribution in [1.29, 1.82) is 0 Å². The van der Waals surface area contributed by atoms with Crippen molar-refractivity contribution in [3.8, 4) is 5.75 Å². The molecule has 2 aliphatic carbocycles. The fourth-order valence-corrected chi connectivity index (χ4v) is 5.68. The van der Waals surface area contributed by atoms with Crippen LogP contribution in [-0.4, -0.2) is 18.6 Å². The lowest BCUT2D eigenvalue weighted by Gasteiger charge is -2.56. The lowest BCUT2D eigenvalue weighted by molar-refractivity contribution is -0.218. The molecule has 1 aromatic carbocycles. The van der Waals surface area contributed by atoms with E-state index in [1.54, 1.807) is 0 Å². The lowest BCUT2D eigenvalue weighted by Crippen LogP contribution is -2.59. The van der Waals surface area contributed by atoms with E-state index >= 15 is 0 Å². The first-order valence-corrected chi connectivity index (χ1v) is 10.4. The van der Waals surface area contributed by atoms with Crippen LogP contribution in [0.1, 0.15) is 69.9 Å². The van der Waals surface area contributed by atoms with Gasteiger partial charge in [-0.15, -0.1) is 0 Å². The maximum Gasteiger partial charge on any atom is 0.358 e. The monoisotopic (exact) mass is 357 g/mol. The molecule has 0 amide bonds. The summed E-state index contributed by atoms with van der Waals surface area (Å²) in [4.78, 5) is 22.6. The highest BCUT2D eigenvalue weighted by Gasteiger charge is 2.51. The fraction of sp³-hybridized carbons (Fsp3) is 0.682. The lowest BCUT2D eigenvalue weighted by atomic mass is 9.53. The third kappa shape index (κ3) is 3.02. The van der Waals surface area contributed by atoms with Crippen LogP contribution in [0, 0.1) is 11.8 Å². The molecule has 2 fully saturated rings. The zero-order valence-electron chi connectivity index (χ0n) is 16.1. The van der Waals surface area contributed by atoms with Crippen LogP contribution in [0.4, 0.5) is 0 Å². The molecule has 1 heterocycles. The van der Waals surface area contributed by atoms with Crippen molar-refractivity contribution >= 4 is 5.97 Å². The van der Waals surface area contributed by atoms with E-state index in [0.29, 0.717) is 17.2 Å². The molecule has 1 aromatic rings. The summed E-state index contributed by atoms with van der Waals surface area (Å²) in [5, 5.41) is 3.76. The van der Waals surface area contributed by atoms with Gasteiger partial charge in [-0.3, -0.25) is 9.78 Å². The Bertz CT molecular complexity index is 669. The number of piperidine rings is 1. The topological polar surface area (TPSA) is 47.6 Å². The average molecular weight is 357 g/mol. The SMILES string of the molecule is CCCC(C)C(=O)OOc1ccc2c(c1)[C@@]13CCCC[C@H]1[C@@H](C2)NCC3. The highest BCUT2D eigenvalue weighted by Crippen LogP contribution is 2.54. The molecule has 4 atom stereocenters. The van der Waals surface area contributed by atoms with E-state index < -0.39 is 0 Å². The van der Waals surface area contributed by atoms with Gasteiger partial charge < -0.3 is 5.32 Å². The molecule has 1 unspecified atom stereocenters. The minimum Gasteiger partial charge on any atom is -0.313 e. The van der Waals surface area contributed by atoms with Crippen LogP contribution in [0.25, 0.3) is 0 Å². The summed E-state index contributed by atoms with van der Waals surface area (Å²) in [5.74, 6) is 1.00. The van der Waals surface area contributed by atoms with Gasteiger partial charge in [0.1, 0.15) is 0 Å². The molecular formula is C22H31NO3. The van der Waals surface area contributed by atoms with Gasteiger partial charge in [-0.25, -0.2) is 4.79 Å². The van der Waals surface area contributed by atoms with Crippen molar-refractivity contribution in [2.75, 3.05) is 6.54 Å². The van der Waals surface area contributed by atoms with E-state index in [4.69, 9.17) is 9.78 Å². The third-order valence-corrected chi connectivity index (χ3v) is 6.96. The third-order valence-electron chi connectivity index (χ3n) is 6.96. The summed E-state index contributed by atoms with van der Waals surface area (Å²) in [6.45, 7) is 5.07. The summed E-state index contributed by atoms with van der Waals surface area (Å²) in [6.07, 6.45) is 9.37. The normalized spacial score (nSPS) is 30.7. The molecule has 3 aliphatic rings. The minimum absolute atomic E-state index is 0.121. The molecule has 2 bridgehead atoms. The van der Waals surface area contributed by atoms with Gasteiger partial charge in [0.2, 0.25) is 0 Å². The van der Waals surface area contributed by atoms with E-state index in [0.717, 1.165) is 31.7 Å². The molecule has 1 N–H and O–H groups in total. The number of hydrogen-bond donors (Lipinski definition) is 1. The van der Waals surface area contributed by atoms with Crippen molar-refractivity contribution in [1.82, 2.24) is 5.32 Å². The fourth-order valence-electron chi connectivity index (χ4n) is 5.68. The van der Waals surface area contributed by atoms with Crippen LogP contribution in [0.3, 0.4) is 0 Å². The first-order chi connectivity index (χ1) is 12.6. The number of hydrogen-bond acceptors (Lipinski definition) is 4. The van der Waals surface area contributed by atoms with Gasteiger partial charge in [0.15, 0.2) is 5.75 Å². The molecule has 0 radical (unpaired) electrons. The molecular weight excluding hydrogens is 326 g/mol. The average Bonchev–Trinajstić information content (AvgIpc) is 2.66. The molecule has 4 nitrogen and oxygen atoms in total. The van der Waals surface area contributed by atoms with Crippen molar-refractivity contribution in [3.05, 3.63) is 29.3 Å². The van der Waals surface area contributed by atoms with Crippen molar-refractivity contribution in [3.63, 3.8) is 0 Å². The van der Waals surface area contributed by atoms with Gasteiger partial charge in [0.25, 0.3) is 0 Å². The summed E-state index contributed by atoms with van der Waals surface area (Å²) < 4.78 is 0. The van der Waals surface area contributed by atoms with Gasteiger partial charge in [-0.05, 0) is 67.8 Å². The first-order valence-electron chi connectivity index (χ1n) is 10.4. The van der Waals surface area contributed by atoms with Crippen LogP contribution in [0.2, 0.25) is 0 Å². The van der Waals surface area contributed by atoms with E-state index in [1.807, 2.05) is 13.0 Å². The molecule has 4 rings (SSSR count). The van der Waals surface area contributed by atoms with Crippen LogP contribution in [0.5, 0.6) is 5.75 Å². The first kappa shape index (κ1) is 17.8. The molecule has 0 aromatic heterocycles. The Labute approximate surface area is 156 Å². The number of nitrogens with one attached hydrogen (secondary N) is 1. The molecule has 1 saturated carbocycles. The highest BCUT2D eigenvalue weighted by molar-refractivity contribution is 5.71. The van der Waals surface area contributed by atoms with Gasteiger partial charge in [-0.2, -0.15) is 0 Å². The summed E-state index contributed by atoms with van der Waals surface area (Å²) in [6, 6.07) is 6.91. The molecule has 1 saturated heterocycles. The van der Waals surface area contributed by atoms with E-state index in [2.05, 4.69) is 24.4 Å². The zero-order valence-corrected chi connectivity index (χ0v) is 16.1. The Balaban J connectivity index is 1.56. The van der Waals surface area contributed by atoms with Crippen LogP contribution in [0.15, 0.2) is 18.2 Å². The van der Waals surface area contributed by atoms with Crippen LogP contribution < -0.4 is 10.2 Å². The Hall–Kier alpha value is -1.55. The highest BCUT2D eigenvalue weighted by atomic mass is 17.2. The van der Waals surface area contributed by atoms with Crippen molar-refractivity contribution in [2.45, 2.75) is 76.7 Å². The summed E-state index contributed by atoms with van der Waals surface area (Å²) >= 11 is 0. The second-order valence-corrected chi connectivity index (χ2v) is 8.52. The van der Waals surface area contributed by atoms with Crippen molar-refractivity contribution in [2.24, 2.45) is 11.8 Å². The number of rotatable bonds is 5. The zero-order chi connectivity index (χ0) is 18.1. The Kier molecular flexibility index (Phi) is 4.96. The smallest absolute Gasteiger partial charge is 0.313 e. The van der Waals surface area contributed by atoms with Crippen LogP contribution in [-0.2, 0) is 21.5 Å². The van der Waals surface area contributed by atoms with Crippen LogP contribution >= 0.6 is 0 Å². The number of carbonyl (C=O) groups excluding carboxylic acids is 1. The van der Waals surface area contributed by atoms with E-state index in [-0.39, 0.29) is 11.9 Å². The summed E-state index contributed by atoms with van der Waals surface area (Å²) in [5.41, 5.74) is 3.19. The molecule has 1 aliphatic heterocycles. The van der Waals surface area contributed by atoms with Gasteiger partial charge in [-0.1, -0.05) is 39.2 Å². The Morgan fingerprint density at radius 1 is 1.35 bits per heavy atom. The largest absolute Gasteiger partial charge is 0.358 e. The van der Waals surface area contributed by atoms with Gasteiger partial charge >= 0.3 is 5.97 Å². The maximum absolute atomic E-state index is 12.0. The number of benzene rings is 1. The molecule has 0 spiro atoms. The summed E-state index contributed by atoms with van der Waals surface area (Å²) in [7, 11) is 0. The standard InChI is InChI=1S/C22H31NO3/c1-3-6-15(2)21(24)26-25-17-9-8-16-13-20-18-7-4-5-10-22(18,11-12-23-20)19(16)14-17/h8-9,14-15,18,20,23H,3-7,10-13H2,1-2H3/t15?,18-,20+,22+/m0/s1. The van der Waals surface area contributed by atoms with Gasteiger partial charge in [0.05, 0.1) is 5.92 Å². The Morgan fingerprint density at radius 3 is 3.08 bits per heavy atom. The molecule has 4 heteroatoms. The second kappa shape index (κ2) is 7.22. The predicted molar refractivity (Wildman–Crippen MR) is 101 cm³/mol. The minimum atomic E-state index is -0.278. The molecule has 26 heavy (non-hydrogen) atoms.